The number of aryl methyl sites for hydroxylation is 1. The minimum absolute atomic E-state index is 0.140. The fourth-order valence-corrected chi connectivity index (χ4v) is 5.59. The molecule has 1 aliphatic carbocycles. The molecule has 1 aromatic carbocycles. The zero-order valence-electron chi connectivity index (χ0n) is 21.2. The number of aliphatic hydroxyl groups excluding tert-OH is 1. The van der Waals surface area contributed by atoms with Gasteiger partial charge in [-0.25, -0.2) is 9.67 Å². The van der Waals surface area contributed by atoms with E-state index in [1.54, 1.807) is 0 Å². The lowest BCUT2D eigenvalue weighted by molar-refractivity contribution is 0.0866. The van der Waals surface area contributed by atoms with Gasteiger partial charge >= 0.3 is 0 Å². The van der Waals surface area contributed by atoms with Gasteiger partial charge in [0.25, 0.3) is 0 Å². The van der Waals surface area contributed by atoms with Crippen molar-refractivity contribution in [2.45, 2.75) is 51.3 Å². The molecular weight excluding hydrogens is 470 g/mol. The summed E-state index contributed by atoms with van der Waals surface area (Å²) in [5.41, 5.74) is 4.61. The first kappa shape index (κ1) is 24.9. The first-order valence-corrected chi connectivity index (χ1v) is 13.6. The van der Waals surface area contributed by atoms with Gasteiger partial charge in [0.05, 0.1) is 29.1 Å². The van der Waals surface area contributed by atoms with Crippen molar-refractivity contribution in [2.24, 2.45) is 11.8 Å². The molecular formula is C28H33N5O2S. The Morgan fingerprint density at radius 1 is 1.11 bits per heavy atom. The molecule has 0 saturated heterocycles. The van der Waals surface area contributed by atoms with Crippen LogP contribution in [0.3, 0.4) is 0 Å². The molecule has 4 aromatic rings. The lowest BCUT2D eigenvalue weighted by atomic mass is 9.71. The van der Waals surface area contributed by atoms with Gasteiger partial charge in [0, 0.05) is 34.6 Å². The van der Waals surface area contributed by atoms with Crippen LogP contribution in [0.15, 0.2) is 60.8 Å². The lowest BCUT2D eigenvalue weighted by Crippen LogP contribution is -2.46. The molecule has 3 aromatic heterocycles. The van der Waals surface area contributed by atoms with Crippen LogP contribution in [-0.4, -0.2) is 40.8 Å². The fraction of sp³-hybridized carbons (Fsp3) is 0.393. The fourth-order valence-electron chi connectivity index (χ4n) is 4.69. The smallest absolute Gasteiger partial charge is 0.154 e. The minimum Gasteiger partial charge on any atom is -0.598 e. The van der Waals surface area contributed by atoms with E-state index < -0.39 is 11.4 Å². The maximum atomic E-state index is 13.0. The Bertz CT molecular complexity index is 1360. The number of pyridine rings is 2. The Morgan fingerprint density at radius 3 is 2.61 bits per heavy atom. The predicted molar refractivity (Wildman–Crippen MR) is 144 cm³/mol. The maximum Gasteiger partial charge on any atom is 0.154 e. The summed E-state index contributed by atoms with van der Waals surface area (Å²) >= 11 is -1.23. The summed E-state index contributed by atoms with van der Waals surface area (Å²) in [7, 11) is 0. The molecule has 0 radical (unpaired) electrons. The molecule has 0 amide bonds. The van der Waals surface area contributed by atoms with Gasteiger partial charge in [-0.15, -0.1) is 4.72 Å². The van der Waals surface area contributed by atoms with Gasteiger partial charge in [-0.1, -0.05) is 24.3 Å². The van der Waals surface area contributed by atoms with Gasteiger partial charge in [-0.05, 0) is 82.7 Å². The predicted octanol–water partition coefficient (Wildman–Crippen LogP) is 4.90. The van der Waals surface area contributed by atoms with Crippen LogP contribution in [0, 0.1) is 18.8 Å². The number of hydrogen-bond acceptors (Lipinski definition) is 6. The second kappa shape index (κ2) is 9.94. The highest BCUT2D eigenvalue weighted by atomic mass is 32.2. The maximum absolute atomic E-state index is 13.0. The summed E-state index contributed by atoms with van der Waals surface area (Å²) in [5, 5.41) is 15.1. The number of hydrogen-bond donors (Lipinski definition) is 2. The molecule has 1 fully saturated rings. The first-order chi connectivity index (χ1) is 17.2. The second-order valence-electron chi connectivity index (χ2n) is 10.7. The molecule has 0 bridgehead atoms. The van der Waals surface area contributed by atoms with Crippen molar-refractivity contribution >= 4 is 22.3 Å². The quantitative estimate of drug-likeness (QED) is 0.348. The zero-order chi connectivity index (χ0) is 25.4. The van der Waals surface area contributed by atoms with E-state index in [0.717, 1.165) is 52.2 Å². The third-order valence-electron chi connectivity index (χ3n) is 6.84. The summed E-state index contributed by atoms with van der Waals surface area (Å²) < 4.78 is 17.9. The normalized spacial score (nSPS) is 19.7. The SMILES string of the molecule is Cc1cccc(-n2ncc3ccc(-c4cccc([C@@H](N[S+]([O-])C(C)(C)C)C5CC(CO)C5)n4)cc32)n1. The molecule has 2 N–H and O–H groups in total. The summed E-state index contributed by atoms with van der Waals surface area (Å²) in [6, 6.07) is 18.0. The van der Waals surface area contributed by atoms with Gasteiger partial charge in [-0.2, -0.15) is 5.10 Å². The molecule has 0 spiro atoms. The highest BCUT2D eigenvalue weighted by molar-refractivity contribution is 7.90. The van der Waals surface area contributed by atoms with E-state index in [-0.39, 0.29) is 23.3 Å². The molecule has 7 nitrogen and oxygen atoms in total. The van der Waals surface area contributed by atoms with Crippen molar-refractivity contribution in [3.63, 3.8) is 0 Å². The van der Waals surface area contributed by atoms with E-state index in [9.17, 15) is 9.66 Å². The van der Waals surface area contributed by atoms with Crippen LogP contribution >= 0.6 is 0 Å². The Balaban J connectivity index is 1.49. The lowest BCUT2D eigenvalue weighted by Gasteiger charge is -2.40. The van der Waals surface area contributed by atoms with E-state index in [1.165, 1.54) is 0 Å². The minimum atomic E-state index is -1.23. The third-order valence-corrected chi connectivity index (χ3v) is 8.42. The molecule has 1 aliphatic rings. The van der Waals surface area contributed by atoms with E-state index in [0.29, 0.717) is 5.92 Å². The molecule has 8 heteroatoms. The molecule has 2 atom stereocenters. The summed E-state index contributed by atoms with van der Waals surface area (Å²) in [6.45, 7) is 8.07. The topological polar surface area (TPSA) is 98.9 Å². The highest BCUT2D eigenvalue weighted by Gasteiger charge is 2.40. The molecule has 1 saturated carbocycles. The van der Waals surface area contributed by atoms with Gasteiger partial charge < -0.3 is 9.66 Å². The number of rotatable bonds is 7. The largest absolute Gasteiger partial charge is 0.598 e. The number of nitrogens with one attached hydrogen (secondary N) is 1. The van der Waals surface area contributed by atoms with Crippen molar-refractivity contribution in [2.75, 3.05) is 6.61 Å². The van der Waals surface area contributed by atoms with Crippen molar-refractivity contribution < 1.29 is 9.66 Å². The number of fused-ring (bicyclic) bond motifs is 1. The monoisotopic (exact) mass is 503 g/mol. The Kier molecular flexibility index (Phi) is 6.87. The number of aliphatic hydroxyl groups is 1. The molecule has 0 aliphatic heterocycles. The van der Waals surface area contributed by atoms with Crippen LogP contribution in [0.4, 0.5) is 0 Å². The third kappa shape index (κ3) is 5.04. The van der Waals surface area contributed by atoms with Crippen LogP contribution in [0.25, 0.3) is 28.0 Å². The number of benzene rings is 1. The first-order valence-electron chi connectivity index (χ1n) is 12.4. The molecule has 5 rings (SSSR count). The number of aromatic nitrogens is 4. The van der Waals surface area contributed by atoms with Crippen LogP contribution in [0.5, 0.6) is 0 Å². The number of nitrogens with zero attached hydrogens (tertiary/aromatic N) is 4. The summed E-state index contributed by atoms with van der Waals surface area (Å²) in [6.07, 6.45) is 3.65. The van der Waals surface area contributed by atoms with E-state index in [4.69, 9.17) is 4.98 Å². The molecule has 188 valence electrons. The average Bonchev–Trinajstić information content (AvgIpc) is 3.25. The Hall–Kier alpha value is -2.78. The highest BCUT2D eigenvalue weighted by Crippen LogP contribution is 2.42. The van der Waals surface area contributed by atoms with Crippen molar-refractivity contribution in [1.82, 2.24) is 24.5 Å². The van der Waals surface area contributed by atoms with E-state index in [1.807, 2.05) is 75.0 Å². The van der Waals surface area contributed by atoms with Crippen molar-refractivity contribution in [1.29, 1.82) is 0 Å². The van der Waals surface area contributed by atoms with Crippen LogP contribution in [0.1, 0.15) is 51.0 Å². The Morgan fingerprint density at radius 2 is 1.89 bits per heavy atom. The van der Waals surface area contributed by atoms with E-state index in [2.05, 4.69) is 33.0 Å². The summed E-state index contributed by atoms with van der Waals surface area (Å²) in [5.74, 6) is 1.37. The van der Waals surface area contributed by atoms with Gasteiger partial charge in [0.2, 0.25) is 0 Å². The van der Waals surface area contributed by atoms with Gasteiger partial charge in [0.15, 0.2) is 5.82 Å². The average molecular weight is 504 g/mol. The van der Waals surface area contributed by atoms with Crippen LogP contribution in [-0.2, 0) is 11.4 Å². The van der Waals surface area contributed by atoms with Crippen molar-refractivity contribution in [3.05, 3.63) is 72.2 Å². The van der Waals surface area contributed by atoms with Crippen LogP contribution in [0.2, 0.25) is 0 Å². The van der Waals surface area contributed by atoms with Crippen molar-refractivity contribution in [3.8, 4) is 17.1 Å². The van der Waals surface area contributed by atoms with Gasteiger partial charge in [0.1, 0.15) is 4.75 Å². The standard InChI is InChI=1S/C28H33N5O2S/c1-18-7-5-10-26(30-18)33-25-15-20(11-12-21(25)16-29-33)23-8-6-9-24(31-23)27(22-13-19(14-22)17-34)32-36(35)28(2,3)4/h5-12,15-16,19,22,27,32,34H,13-14,17H2,1-4H3/t19?,22?,27-,36?/m0/s1. The second-order valence-corrected chi connectivity index (χ2v) is 12.7. The molecule has 3 heterocycles. The Labute approximate surface area is 215 Å². The molecule has 36 heavy (non-hydrogen) atoms. The van der Waals surface area contributed by atoms with Crippen LogP contribution < -0.4 is 4.72 Å². The zero-order valence-corrected chi connectivity index (χ0v) is 22.0. The molecule has 1 unspecified atom stereocenters. The van der Waals surface area contributed by atoms with Gasteiger partial charge in [-0.3, -0.25) is 4.98 Å². The van der Waals surface area contributed by atoms with E-state index >= 15 is 0 Å². The summed E-state index contributed by atoms with van der Waals surface area (Å²) in [4.78, 5) is 9.67.